The van der Waals surface area contributed by atoms with Gasteiger partial charge in [-0.15, -0.1) is 0 Å². The van der Waals surface area contributed by atoms with Gasteiger partial charge in [0.05, 0.1) is 0 Å². The average Bonchev–Trinajstić information content (AvgIpc) is 2.36. The molecule has 0 aromatic heterocycles. The first-order chi connectivity index (χ1) is 8.77. The van der Waals surface area contributed by atoms with E-state index in [2.05, 4.69) is 4.18 Å². The predicted molar refractivity (Wildman–Crippen MR) is 71.9 cm³/mol. The van der Waals surface area contributed by atoms with E-state index >= 15 is 0 Å². The summed E-state index contributed by atoms with van der Waals surface area (Å²) in [5.74, 6) is -1.06. The maximum atomic E-state index is 11.9. The van der Waals surface area contributed by atoms with E-state index < -0.39 is 22.1 Å². The van der Waals surface area contributed by atoms with E-state index in [1.54, 1.807) is 19.1 Å². The number of rotatable bonds is 5. The monoisotopic (exact) mass is 285 g/mol. The van der Waals surface area contributed by atoms with Crippen LogP contribution < -0.4 is 5.73 Å². The molecule has 0 saturated carbocycles. The van der Waals surface area contributed by atoms with E-state index in [1.807, 2.05) is 13.8 Å². The third-order valence-corrected chi connectivity index (χ3v) is 4.26. The topological polar surface area (TPSA) is 86.5 Å². The van der Waals surface area contributed by atoms with Crippen molar-refractivity contribution in [2.24, 2.45) is 11.7 Å². The highest BCUT2D eigenvalue weighted by molar-refractivity contribution is 7.87. The molecule has 2 atom stereocenters. The van der Waals surface area contributed by atoms with Crippen molar-refractivity contribution in [1.82, 2.24) is 0 Å². The molecule has 6 heteroatoms. The largest absolute Gasteiger partial charge is 0.341 e. The minimum Gasteiger partial charge on any atom is -0.341 e. The van der Waals surface area contributed by atoms with Gasteiger partial charge < -0.3 is 9.92 Å². The molecular weight excluding hydrogens is 266 g/mol. The smallest absolute Gasteiger partial charge is 0.341 e. The molecule has 0 bridgehead atoms. The van der Waals surface area contributed by atoms with Gasteiger partial charge in [-0.3, -0.25) is 0 Å². The molecule has 0 fully saturated rings. The van der Waals surface area contributed by atoms with Crippen LogP contribution >= 0.6 is 0 Å². The molecule has 0 aliphatic carbocycles. The van der Waals surface area contributed by atoms with E-state index in [4.69, 9.17) is 5.73 Å². The van der Waals surface area contributed by atoms with Crippen molar-refractivity contribution in [2.45, 2.75) is 38.1 Å². The molecule has 106 valence electrons. The number of nitrogens with two attached hydrogens (primary N) is 1. The number of hydrogen-bond donors (Lipinski definition) is 1. The summed E-state index contributed by atoms with van der Waals surface area (Å²) >= 11 is 0. The molecule has 0 saturated heterocycles. The third kappa shape index (κ3) is 4.04. The second kappa shape index (κ2) is 6.16. The molecule has 5 nitrogen and oxygen atoms in total. The van der Waals surface area contributed by atoms with Gasteiger partial charge in [-0.05, 0) is 25.0 Å². The summed E-state index contributed by atoms with van der Waals surface area (Å²) in [6.07, 6.45) is 0.668. The lowest BCUT2D eigenvalue weighted by Gasteiger charge is -2.16. The molecule has 1 aromatic rings. The molecule has 0 heterocycles. The molecule has 19 heavy (non-hydrogen) atoms. The average molecular weight is 285 g/mol. The summed E-state index contributed by atoms with van der Waals surface area (Å²) in [4.78, 5) is 11.6. The van der Waals surface area contributed by atoms with Crippen molar-refractivity contribution in [3.63, 3.8) is 0 Å². The highest BCUT2D eigenvalue weighted by Gasteiger charge is 2.27. The van der Waals surface area contributed by atoms with Gasteiger partial charge in [-0.1, -0.05) is 38.0 Å². The Morgan fingerprint density at radius 1 is 1.32 bits per heavy atom. The molecule has 1 rings (SSSR count). The minimum atomic E-state index is -4.09. The van der Waals surface area contributed by atoms with Crippen molar-refractivity contribution in [1.29, 1.82) is 0 Å². The first-order valence-corrected chi connectivity index (χ1v) is 7.49. The Bertz CT molecular complexity index is 536. The lowest BCUT2D eigenvalue weighted by Crippen LogP contribution is -2.39. The van der Waals surface area contributed by atoms with Gasteiger partial charge in [-0.25, -0.2) is 4.79 Å². The Balaban J connectivity index is 2.86. The molecule has 0 unspecified atom stereocenters. The van der Waals surface area contributed by atoms with Crippen LogP contribution in [0.3, 0.4) is 0 Å². The van der Waals surface area contributed by atoms with Gasteiger partial charge in [0.2, 0.25) is 0 Å². The summed E-state index contributed by atoms with van der Waals surface area (Å²) in [7, 11) is -4.09. The third-order valence-electron chi connectivity index (χ3n) is 3.03. The van der Waals surface area contributed by atoms with Crippen LogP contribution in [0, 0.1) is 12.8 Å². The Morgan fingerprint density at radius 2 is 1.84 bits per heavy atom. The maximum Gasteiger partial charge on any atom is 0.341 e. The van der Waals surface area contributed by atoms with Gasteiger partial charge >= 0.3 is 16.1 Å². The van der Waals surface area contributed by atoms with Gasteiger partial charge in [-0.2, -0.15) is 8.42 Å². The minimum absolute atomic E-state index is 0.0530. The summed E-state index contributed by atoms with van der Waals surface area (Å²) in [5, 5.41) is 0. The first-order valence-electron chi connectivity index (χ1n) is 6.08. The highest BCUT2D eigenvalue weighted by Crippen LogP contribution is 2.15. The Morgan fingerprint density at radius 3 is 2.32 bits per heavy atom. The van der Waals surface area contributed by atoms with E-state index in [0.717, 1.165) is 5.56 Å². The zero-order chi connectivity index (χ0) is 14.6. The second-order valence-electron chi connectivity index (χ2n) is 4.58. The summed E-state index contributed by atoms with van der Waals surface area (Å²) in [6.45, 7) is 5.47. The van der Waals surface area contributed by atoms with Crippen LogP contribution in [-0.4, -0.2) is 20.4 Å². The number of aryl methyl sites for hydroxylation is 1. The van der Waals surface area contributed by atoms with Crippen LogP contribution in [0.5, 0.6) is 0 Å². The fraction of sp³-hybridized carbons (Fsp3) is 0.462. The number of hydrogen-bond acceptors (Lipinski definition) is 5. The Kier molecular flexibility index (Phi) is 5.08. The fourth-order valence-electron chi connectivity index (χ4n) is 1.40. The number of carbonyl (C=O) groups is 1. The maximum absolute atomic E-state index is 11.9. The fourth-order valence-corrected chi connectivity index (χ4v) is 2.30. The molecule has 0 radical (unpaired) electrons. The molecule has 0 spiro atoms. The normalized spacial score (nSPS) is 14.7. The highest BCUT2D eigenvalue weighted by atomic mass is 32.2. The van der Waals surface area contributed by atoms with E-state index in [1.165, 1.54) is 12.1 Å². The van der Waals surface area contributed by atoms with Crippen LogP contribution in [0.25, 0.3) is 0 Å². The van der Waals surface area contributed by atoms with Crippen molar-refractivity contribution in [3.8, 4) is 0 Å². The number of carbonyl (C=O) groups excluding carboxylic acids is 1. The molecular formula is C13H19NO4S. The Labute approximate surface area is 113 Å². The molecule has 0 aliphatic heterocycles. The standard InChI is InChI=1S/C13H19NO4S/c1-4-10(3)12(14)13(15)18-19(16,17)11-7-5-9(2)6-8-11/h5-8,10,12H,4,14H2,1-3H3/t10-,12-/m1/s1. The van der Waals surface area contributed by atoms with Crippen molar-refractivity contribution >= 4 is 16.1 Å². The molecule has 0 aliphatic rings. The summed E-state index contributed by atoms with van der Waals surface area (Å²) in [5.41, 5.74) is 6.56. The van der Waals surface area contributed by atoms with Gasteiger partial charge in [0.15, 0.2) is 0 Å². The molecule has 0 amide bonds. The van der Waals surface area contributed by atoms with Gasteiger partial charge in [0.1, 0.15) is 10.9 Å². The quantitative estimate of drug-likeness (QED) is 0.830. The van der Waals surface area contributed by atoms with Gasteiger partial charge in [0.25, 0.3) is 0 Å². The molecule has 2 N–H and O–H groups in total. The van der Waals surface area contributed by atoms with Crippen molar-refractivity contribution < 1.29 is 17.4 Å². The van der Waals surface area contributed by atoms with Crippen molar-refractivity contribution in [2.75, 3.05) is 0 Å². The van der Waals surface area contributed by atoms with Crippen LogP contribution in [0.1, 0.15) is 25.8 Å². The summed E-state index contributed by atoms with van der Waals surface area (Å²) in [6, 6.07) is 5.12. The SMILES string of the molecule is CC[C@@H](C)[C@@H](N)C(=O)OS(=O)(=O)c1ccc(C)cc1. The lowest BCUT2D eigenvalue weighted by atomic mass is 10.0. The second-order valence-corrected chi connectivity index (χ2v) is 6.13. The van der Waals surface area contributed by atoms with Crippen LogP contribution in [-0.2, 0) is 19.1 Å². The van der Waals surface area contributed by atoms with E-state index in [9.17, 15) is 13.2 Å². The Hall–Kier alpha value is -1.40. The van der Waals surface area contributed by atoms with Crippen LogP contribution in [0.2, 0.25) is 0 Å². The lowest BCUT2D eigenvalue weighted by molar-refractivity contribution is -0.136. The van der Waals surface area contributed by atoms with Gasteiger partial charge in [0, 0.05) is 0 Å². The van der Waals surface area contributed by atoms with Crippen LogP contribution in [0.4, 0.5) is 0 Å². The van der Waals surface area contributed by atoms with E-state index in [-0.39, 0.29) is 10.8 Å². The predicted octanol–water partition coefficient (Wildman–Crippen LogP) is 1.60. The van der Waals surface area contributed by atoms with Crippen LogP contribution in [0.15, 0.2) is 29.2 Å². The molecule has 1 aromatic carbocycles. The number of benzene rings is 1. The van der Waals surface area contributed by atoms with E-state index in [0.29, 0.717) is 6.42 Å². The van der Waals surface area contributed by atoms with Crippen molar-refractivity contribution in [3.05, 3.63) is 29.8 Å². The zero-order valence-electron chi connectivity index (χ0n) is 11.3. The summed E-state index contributed by atoms with van der Waals surface area (Å²) < 4.78 is 28.3. The first kappa shape index (κ1) is 15.7. The zero-order valence-corrected chi connectivity index (χ0v) is 12.1.